The minimum Gasteiger partial charge on any atom is -0.496 e. The Hall–Kier alpha value is -1.02. The van der Waals surface area contributed by atoms with Gasteiger partial charge in [-0.25, -0.2) is 0 Å². The lowest BCUT2D eigenvalue weighted by atomic mass is 10.1. The number of Topliss-reactive ketones (excluding diaryl/α,β-unsaturated/α-hetero) is 1. The maximum absolute atomic E-state index is 11.5. The average molecular weight is 213 g/mol. The molecule has 14 heavy (non-hydrogen) atoms. The van der Waals surface area contributed by atoms with Crippen LogP contribution in [0.1, 0.15) is 22.3 Å². The molecule has 0 aliphatic rings. The molecule has 0 saturated heterocycles. The molecule has 0 bridgehead atoms. The smallest absolute Gasteiger partial charge is 0.164 e. The molecule has 0 amide bonds. The van der Waals surface area contributed by atoms with E-state index in [-0.39, 0.29) is 5.78 Å². The highest BCUT2D eigenvalue weighted by Gasteiger charge is 2.07. The van der Waals surface area contributed by atoms with Gasteiger partial charge in [-0.15, -0.1) is 11.6 Å². The summed E-state index contributed by atoms with van der Waals surface area (Å²) in [4.78, 5) is 11.5. The minimum absolute atomic E-state index is 0.0540. The van der Waals surface area contributed by atoms with Gasteiger partial charge < -0.3 is 4.74 Å². The Labute approximate surface area is 88.8 Å². The summed E-state index contributed by atoms with van der Waals surface area (Å²) in [5.41, 5.74) is 1.68. The molecule has 0 aliphatic heterocycles. The summed E-state index contributed by atoms with van der Waals surface area (Å²) in [6, 6.07) is 5.43. The van der Waals surface area contributed by atoms with E-state index in [0.29, 0.717) is 17.9 Å². The van der Waals surface area contributed by atoms with E-state index in [9.17, 15) is 4.79 Å². The Morgan fingerprint density at radius 2 is 2.21 bits per heavy atom. The number of ketones is 1. The van der Waals surface area contributed by atoms with E-state index in [4.69, 9.17) is 16.3 Å². The summed E-state index contributed by atoms with van der Waals surface area (Å²) in [5.74, 6) is 1.15. The Balaban J connectivity index is 2.94. The Bertz CT molecular complexity index is 334. The van der Waals surface area contributed by atoms with Crippen molar-refractivity contribution in [1.82, 2.24) is 0 Å². The summed E-state index contributed by atoms with van der Waals surface area (Å²) < 4.78 is 5.13. The fourth-order valence-corrected chi connectivity index (χ4v) is 1.40. The molecule has 0 radical (unpaired) electrons. The third-order valence-corrected chi connectivity index (χ3v) is 2.24. The molecule has 0 saturated carbocycles. The highest BCUT2D eigenvalue weighted by atomic mass is 35.5. The Kier molecular flexibility index (Phi) is 3.96. The monoisotopic (exact) mass is 212 g/mol. The predicted molar refractivity (Wildman–Crippen MR) is 57.4 cm³/mol. The maximum Gasteiger partial charge on any atom is 0.164 e. The quantitative estimate of drug-likeness (QED) is 0.567. The molecule has 3 heteroatoms. The Morgan fingerprint density at radius 3 is 2.79 bits per heavy atom. The summed E-state index contributed by atoms with van der Waals surface area (Å²) in [7, 11) is 1.60. The van der Waals surface area contributed by atoms with Crippen molar-refractivity contribution < 1.29 is 9.53 Å². The van der Waals surface area contributed by atoms with Crippen molar-refractivity contribution in [3.8, 4) is 5.75 Å². The second-order valence-corrected chi connectivity index (χ2v) is 3.42. The summed E-state index contributed by atoms with van der Waals surface area (Å²) in [5, 5.41) is 0. The van der Waals surface area contributed by atoms with Gasteiger partial charge in [-0.2, -0.15) is 0 Å². The number of methoxy groups -OCH3 is 1. The van der Waals surface area contributed by atoms with E-state index in [1.807, 2.05) is 13.0 Å². The van der Waals surface area contributed by atoms with Crippen LogP contribution in [0.5, 0.6) is 5.75 Å². The normalized spacial score (nSPS) is 9.93. The number of carbonyl (C=O) groups excluding carboxylic acids is 1. The van der Waals surface area contributed by atoms with Gasteiger partial charge in [0.25, 0.3) is 0 Å². The SMILES string of the molecule is COc1cc(C(=O)CCCl)ccc1C. The van der Waals surface area contributed by atoms with Crippen molar-refractivity contribution in [3.63, 3.8) is 0 Å². The molecule has 1 rings (SSSR count). The topological polar surface area (TPSA) is 26.3 Å². The van der Waals surface area contributed by atoms with Gasteiger partial charge in [0.2, 0.25) is 0 Å². The number of alkyl halides is 1. The molecular formula is C11H13ClO2. The van der Waals surface area contributed by atoms with Crippen molar-refractivity contribution in [3.05, 3.63) is 29.3 Å². The Morgan fingerprint density at radius 1 is 1.50 bits per heavy atom. The van der Waals surface area contributed by atoms with Crippen molar-refractivity contribution in [2.75, 3.05) is 13.0 Å². The van der Waals surface area contributed by atoms with E-state index in [1.54, 1.807) is 19.2 Å². The van der Waals surface area contributed by atoms with Gasteiger partial charge in [0.1, 0.15) is 5.75 Å². The van der Waals surface area contributed by atoms with E-state index in [1.165, 1.54) is 0 Å². The fourth-order valence-electron chi connectivity index (χ4n) is 1.22. The van der Waals surface area contributed by atoms with Gasteiger partial charge in [0.05, 0.1) is 7.11 Å². The second-order valence-electron chi connectivity index (χ2n) is 3.05. The zero-order valence-electron chi connectivity index (χ0n) is 8.34. The van der Waals surface area contributed by atoms with Gasteiger partial charge in [0, 0.05) is 17.9 Å². The number of hydrogen-bond donors (Lipinski definition) is 0. The lowest BCUT2D eigenvalue weighted by Crippen LogP contribution is -2.00. The molecule has 0 atom stereocenters. The molecule has 0 heterocycles. The van der Waals surface area contributed by atoms with Crippen LogP contribution in [-0.2, 0) is 0 Å². The van der Waals surface area contributed by atoms with Crippen LogP contribution in [0.2, 0.25) is 0 Å². The highest BCUT2D eigenvalue weighted by molar-refractivity contribution is 6.19. The standard InChI is InChI=1S/C11H13ClO2/c1-8-3-4-9(7-11(8)14-2)10(13)5-6-12/h3-4,7H,5-6H2,1-2H3. The van der Waals surface area contributed by atoms with Crippen LogP contribution >= 0.6 is 11.6 Å². The summed E-state index contributed by atoms with van der Waals surface area (Å²) in [6.45, 7) is 1.94. The van der Waals surface area contributed by atoms with Gasteiger partial charge in [0.15, 0.2) is 5.78 Å². The first-order chi connectivity index (χ1) is 6.69. The number of rotatable bonds is 4. The molecule has 1 aromatic rings. The predicted octanol–water partition coefficient (Wildman–Crippen LogP) is 2.82. The fraction of sp³-hybridized carbons (Fsp3) is 0.364. The molecule has 0 spiro atoms. The van der Waals surface area contributed by atoms with Crippen molar-refractivity contribution in [1.29, 1.82) is 0 Å². The van der Waals surface area contributed by atoms with E-state index in [0.717, 1.165) is 11.3 Å². The molecule has 0 aromatic heterocycles. The van der Waals surface area contributed by atoms with Crippen LogP contribution in [-0.4, -0.2) is 18.8 Å². The first-order valence-electron chi connectivity index (χ1n) is 4.43. The third kappa shape index (κ3) is 2.48. The van der Waals surface area contributed by atoms with Crippen LogP contribution in [0.4, 0.5) is 0 Å². The number of hydrogen-bond acceptors (Lipinski definition) is 2. The van der Waals surface area contributed by atoms with E-state index >= 15 is 0 Å². The number of benzene rings is 1. The second kappa shape index (κ2) is 5.01. The third-order valence-electron chi connectivity index (χ3n) is 2.05. The van der Waals surface area contributed by atoms with Crippen molar-refractivity contribution in [2.45, 2.75) is 13.3 Å². The number of carbonyl (C=O) groups is 1. The lowest BCUT2D eigenvalue weighted by molar-refractivity contribution is 0.0989. The zero-order valence-corrected chi connectivity index (χ0v) is 9.10. The minimum atomic E-state index is 0.0540. The van der Waals surface area contributed by atoms with Gasteiger partial charge in [-0.05, 0) is 18.6 Å². The molecule has 1 aromatic carbocycles. The summed E-state index contributed by atoms with van der Waals surface area (Å²) >= 11 is 5.50. The maximum atomic E-state index is 11.5. The summed E-state index contributed by atoms with van der Waals surface area (Å²) in [6.07, 6.45) is 0.369. The first kappa shape index (κ1) is 11.1. The average Bonchev–Trinajstić information content (AvgIpc) is 2.19. The molecule has 2 nitrogen and oxygen atoms in total. The first-order valence-corrected chi connectivity index (χ1v) is 4.96. The van der Waals surface area contributed by atoms with E-state index in [2.05, 4.69) is 0 Å². The van der Waals surface area contributed by atoms with E-state index < -0.39 is 0 Å². The van der Waals surface area contributed by atoms with Crippen LogP contribution < -0.4 is 4.74 Å². The molecule has 0 unspecified atom stereocenters. The highest BCUT2D eigenvalue weighted by Crippen LogP contribution is 2.19. The van der Waals surface area contributed by atoms with Crippen molar-refractivity contribution >= 4 is 17.4 Å². The number of aryl methyl sites for hydroxylation is 1. The lowest BCUT2D eigenvalue weighted by Gasteiger charge is -2.06. The molecule has 76 valence electrons. The molecule has 0 aliphatic carbocycles. The molecular weight excluding hydrogens is 200 g/mol. The molecule has 0 N–H and O–H groups in total. The van der Waals surface area contributed by atoms with Gasteiger partial charge in [-0.1, -0.05) is 12.1 Å². The van der Waals surface area contributed by atoms with Crippen LogP contribution in [0.15, 0.2) is 18.2 Å². The largest absolute Gasteiger partial charge is 0.496 e. The van der Waals surface area contributed by atoms with Gasteiger partial charge >= 0.3 is 0 Å². The van der Waals surface area contributed by atoms with Crippen LogP contribution in [0.25, 0.3) is 0 Å². The van der Waals surface area contributed by atoms with Crippen molar-refractivity contribution in [2.24, 2.45) is 0 Å². The van der Waals surface area contributed by atoms with Gasteiger partial charge in [-0.3, -0.25) is 4.79 Å². The molecule has 0 fully saturated rings. The number of ether oxygens (including phenoxy) is 1. The van der Waals surface area contributed by atoms with Crippen LogP contribution in [0.3, 0.4) is 0 Å². The van der Waals surface area contributed by atoms with Crippen LogP contribution in [0, 0.1) is 6.92 Å². The zero-order chi connectivity index (χ0) is 10.6. The number of halogens is 1.